The zero-order chi connectivity index (χ0) is 17.6. The summed E-state index contributed by atoms with van der Waals surface area (Å²) in [6.07, 6.45) is 2.21. The molecule has 2 atom stereocenters. The SMILES string of the molecule is COc1ccc(C2CC(C(=O)N/N=C/c3ccc(Cl)cc3)NN2)cc1. The molecule has 1 aliphatic heterocycles. The van der Waals surface area contributed by atoms with Crippen LogP contribution in [0.5, 0.6) is 5.75 Å². The number of ether oxygens (including phenoxy) is 1. The van der Waals surface area contributed by atoms with Crippen molar-refractivity contribution in [2.24, 2.45) is 5.10 Å². The lowest BCUT2D eigenvalue weighted by Crippen LogP contribution is -2.41. The number of hydrogen-bond acceptors (Lipinski definition) is 5. The lowest BCUT2D eigenvalue weighted by atomic mass is 10.0. The molecular weight excluding hydrogens is 340 g/mol. The van der Waals surface area contributed by atoms with Crippen LogP contribution in [0, 0.1) is 0 Å². The van der Waals surface area contributed by atoms with E-state index in [0.717, 1.165) is 16.9 Å². The monoisotopic (exact) mass is 358 g/mol. The highest BCUT2D eigenvalue weighted by molar-refractivity contribution is 6.30. The molecule has 0 aromatic heterocycles. The first-order chi connectivity index (χ1) is 12.2. The molecule has 1 aliphatic rings. The molecule has 2 unspecified atom stereocenters. The molecule has 1 fully saturated rings. The van der Waals surface area contributed by atoms with Crippen LogP contribution in [0.4, 0.5) is 0 Å². The van der Waals surface area contributed by atoms with E-state index in [4.69, 9.17) is 16.3 Å². The maximum absolute atomic E-state index is 12.2. The predicted molar refractivity (Wildman–Crippen MR) is 97.6 cm³/mol. The smallest absolute Gasteiger partial charge is 0.258 e. The van der Waals surface area contributed by atoms with E-state index < -0.39 is 0 Å². The van der Waals surface area contributed by atoms with Crippen molar-refractivity contribution in [2.75, 3.05) is 7.11 Å². The van der Waals surface area contributed by atoms with E-state index in [2.05, 4.69) is 21.4 Å². The van der Waals surface area contributed by atoms with Crippen LogP contribution < -0.4 is 21.0 Å². The fourth-order valence-corrected chi connectivity index (χ4v) is 2.71. The summed E-state index contributed by atoms with van der Waals surface area (Å²) < 4.78 is 5.16. The molecule has 1 amide bonds. The van der Waals surface area contributed by atoms with Crippen LogP contribution in [0.15, 0.2) is 53.6 Å². The van der Waals surface area contributed by atoms with Crippen LogP contribution in [-0.4, -0.2) is 25.3 Å². The van der Waals surface area contributed by atoms with Gasteiger partial charge in [-0.15, -0.1) is 0 Å². The molecule has 25 heavy (non-hydrogen) atoms. The van der Waals surface area contributed by atoms with Gasteiger partial charge in [-0.1, -0.05) is 35.9 Å². The molecule has 0 saturated carbocycles. The highest BCUT2D eigenvalue weighted by atomic mass is 35.5. The normalized spacial score (nSPS) is 19.9. The van der Waals surface area contributed by atoms with Gasteiger partial charge in [-0.05, 0) is 41.8 Å². The second-order valence-corrected chi connectivity index (χ2v) is 6.12. The largest absolute Gasteiger partial charge is 0.497 e. The molecule has 6 nitrogen and oxygen atoms in total. The average molecular weight is 359 g/mol. The number of benzene rings is 2. The molecule has 1 heterocycles. The highest BCUT2D eigenvalue weighted by Crippen LogP contribution is 2.24. The van der Waals surface area contributed by atoms with E-state index >= 15 is 0 Å². The number of hydrogen-bond donors (Lipinski definition) is 3. The molecule has 1 saturated heterocycles. The first kappa shape index (κ1) is 17.4. The maximum atomic E-state index is 12.2. The number of nitrogens with one attached hydrogen (secondary N) is 3. The lowest BCUT2D eigenvalue weighted by molar-refractivity contribution is -0.122. The second kappa shape index (κ2) is 8.11. The van der Waals surface area contributed by atoms with Gasteiger partial charge in [0.25, 0.3) is 5.91 Å². The molecular formula is C18H19ClN4O2. The van der Waals surface area contributed by atoms with E-state index in [1.807, 2.05) is 36.4 Å². The average Bonchev–Trinajstić information content (AvgIpc) is 3.13. The first-order valence-electron chi connectivity index (χ1n) is 7.89. The Morgan fingerprint density at radius 1 is 1.20 bits per heavy atom. The molecule has 2 aromatic carbocycles. The molecule has 3 N–H and O–H groups in total. The number of nitrogens with zero attached hydrogens (tertiary/aromatic N) is 1. The second-order valence-electron chi connectivity index (χ2n) is 5.69. The van der Waals surface area contributed by atoms with Crippen molar-refractivity contribution in [3.63, 3.8) is 0 Å². The zero-order valence-electron chi connectivity index (χ0n) is 13.7. The third-order valence-corrected chi connectivity index (χ3v) is 4.25. The Kier molecular flexibility index (Phi) is 5.65. The molecule has 0 spiro atoms. The minimum atomic E-state index is -0.352. The third-order valence-electron chi connectivity index (χ3n) is 4.00. The number of hydrazone groups is 1. The fourth-order valence-electron chi connectivity index (χ4n) is 2.58. The van der Waals surface area contributed by atoms with E-state index in [0.29, 0.717) is 11.4 Å². The Labute approximate surface area is 151 Å². The van der Waals surface area contributed by atoms with E-state index in [1.54, 1.807) is 25.5 Å². The van der Waals surface area contributed by atoms with Gasteiger partial charge in [0.2, 0.25) is 0 Å². The number of rotatable bonds is 5. The van der Waals surface area contributed by atoms with Crippen LogP contribution in [0.25, 0.3) is 0 Å². The molecule has 3 rings (SSSR count). The van der Waals surface area contributed by atoms with Gasteiger partial charge in [-0.25, -0.2) is 16.3 Å². The number of carbonyl (C=O) groups excluding carboxylic acids is 1. The van der Waals surface area contributed by atoms with Gasteiger partial charge in [-0.2, -0.15) is 5.10 Å². The predicted octanol–water partition coefficient (Wildman–Crippen LogP) is 2.41. The van der Waals surface area contributed by atoms with Crippen molar-refractivity contribution < 1.29 is 9.53 Å². The van der Waals surface area contributed by atoms with E-state index in [9.17, 15) is 4.79 Å². The number of hydrazine groups is 1. The van der Waals surface area contributed by atoms with Crippen molar-refractivity contribution in [3.8, 4) is 5.75 Å². The van der Waals surface area contributed by atoms with E-state index in [1.165, 1.54) is 0 Å². The third kappa shape index (κ3) is 4.57. The Hall–Kier alpha value is -2.41. The molecule has 0 radical (unpaired) electrons. The van der Waals surface area contributed by atoms with Crippen molar-refractivity contribution in [2.45, 2.75) is 18.5 Å². The topological polar surface area (TPSA) is 74.8 Å². The van der Waals surface area contributed by atoms with Crippen LogP contribution in [0.1, 0.15) is 23.6 Å². The molecule has 7 heteroatoms. The summed E-state index contributed by atoms with van der Waals surface area (Å²) in [7, 11) is 1.63. The molecule has 0 bridgehead atoms. The van der Waals surface area contributed by atoms with E-state index in [-0.39, 0.29) is 18.0 Å². The summed E-state index contributed by atoms with van der Waals surface area (Å²) >= 11 is 5.83. The number of amides is 1. The summed E-state index contributed by atoms with van der Waals surface area (Å²) in [6.45, 7) is 0. The molecule has 0 aliphatic carbocycles. The summed E-state index contributed by atoms with van der Waals surface area (Å²) in [5.74, 6) is 0.620. The fraction of sp³-hybridized carbons (Fsp3) is 0.222. The summed E-state index contributed by atoms with van der Waals surface area (Å²) in [6, 6.07) is 14.7. The zero-order valence-corrected chi connectivity index (χ0v) is 14.5. The van der Waals surface area contributed by atoms with Crippen LogP contribution in [0.3, 0.4) is 0 Å². The summed E-state index contributed by atoms with van der Waals surface area (Å²) in [4.78, 5) is 12.2. The van der Waals surface area contributed by atoms with Crippen LogP contribution in [0.2, 0.25) is 5.02 Å². The minimum Gasteiger partial charge on any atom is -0.497 e. The standard InChI is InChI=1S/C18H19ClN4O2/c1-25-15-8-4-13(5-9-15)16-10-17(22-21-16)18(24)23-20-11-12-2-6-14(19)7-3-12/h2-9,11,16-17,21-22H,10H2,1H3,(H,23,24)/b20-11+. The Balaban J connectivity index is 1.52. The van der Waals surface area contributed by atoms with Gasteiger partial charge in [-0.3, -0.25) is 4.79 Å². The number of methoxy groups -OCH3 is 1. The highest BCUT2D eigenvalue weighted by Gasteiger charge is 2.29. The molecule has 130 valence electrons. The summed E-state index contributed by atoms with van der Waals surface area (Å²) in [5.41, 5.74) is 10.6. The van der Waals surface area contributed by atoms with Crippen molar-refractivity contribution in [1.29, 1.82) is 0 Å². The Morgan fingerprint density at radius 2 is 1.92 bits per heavy atom. The molecule has 2 aromatic rings. The van der Waals surface area contributed by atoms with Crippen molar-refractivity contribution in [1.82, 2.24) is 16.3 Å². The lowest BCUT2D eigenvalue weighted by Gasteiger charge is -2.10. The van der Waals surface area contributed by atoms with Gasteiger partial charge in [0.05, 0.1) is 13.3 Å². The quantitative estimate of drug-likeness (QED) is 0.567. The maximum Gasteiger partial charge on any atom is 0.258 e. The van der Waals surface area contributed by atoms with Gasteiger partial charge in [0.1, 0.15) is 11.8 Å². The number of halogens is 1. The number of carbonyl (C=O) groups is 1. The van der Waals surface area contributed by atoms with Crippen molar-refractivity contribution >= 4 is 23.7 Å². The van der Waals surface area contributed by atoms with Crippen LogP contribution >= 0.6 is 11.6 Å². The van der Waals surface area contributed by atoms with Crippen molar-refractivity contribution in [3.05, 3.63) is 64.7 Å². The minimum absolute atomic E-state index is 0.0573. The Morgan fingerprint density at radius 3 is 2.60 bits per heavy atom. The van der Waals surface area contributed by atoms with Gasteiger partial charge in [0, 0.05) is 11.1 Å². The summed E-state index contributed by atoms with van der Waals surface area (Å²) in [5, 5.41) is 4.64. The van der Waals surface area contributed by atoms with Gasteiger partial charge >= 0.3 is 0 Å². The van der Waals surface area contributed by atoms with Gasteiger partial charge in [0.15, 0.2) is 0 Å². The van der Waals surface area contributed by atoms with Crippen LogP contribution in [-0.2, 0) is 4.79 Å². The van der Waals surface area contributed by atoms with Gasteiger partial charge < -0.3 is 4.74 Å². The first-order valence-corrected chi connectivity index (χ1v) is 8.27. The Bertz CT molecular complexity index is 747.